The molecule has 3 aliphatic rings. The molecular formula is C20H23FN4O. The van der Waals surface area contributed by atoms with Gasteiger partial charge in [0.25, 0.3) is 0 Å². The van der Waals surface area contributed by atoms with Crippen molar-refractivity contribution in [1.82, 2.24) is 19.8 Å². The highest BCUT2D eigenvalue weighted by molar-refractivity contribution is 5.76. The number of halogens is 1. The van der Waals surface area contributed by atoms with E-state index in [1.807, 2.05) is 17.0 Å². The van der Waals surface area contributed by atoms with Gasteiger partial charge in [-0.15, -0.1) is 0 Å². The molecule has 2 amide bonds. The largest absolute Gasteiger partial charge is 0.347 e. The molecule has 2 aromatic rings. The predicted octanol–water partition coefficient (Wildman–Crippen LogP) is 3.44. The molecule has 0 aliphatic carbocycles. The maximum absolute atomic E-state index is 13.2. The van der Waals surface area contributed by atoms with Gasteiger partial charge in [-0.3, -0.25) is 0 Å². The molecule has 1 aromatic carbocycles. The van der Waals surface area contributed by atoms with Crippen LogP contribution in [0.15, 0.2) is 30.6 Å². The summed E-state index contributed by atoms with van der Waals surface area (Å²) in [6, 6.07) is 7.69. The molecule has 5 rings (SSSR count). The number of imidazole rings is 1. The summed E-state index contributed by atoms with van der Waals surface area (Å²) in [5.41, 5.74) is 3.36. The van der Waals surface area contributed by atoms with Crippen molar-refractivity contribution in [2.24, 2.45) is 0 Å². The Balaban J connectivity index is 1.31. The number of nitrogens with zero attached hydrogens (tertiary/aromatic N) is 3. The molecule has 0 spiro atoms. The van der Waals surface area contributed by atoms with Crippen LogP contribution in [-0.4, -0.2) is 44.4 Å². The zero-order chi connectivity index (χ0) is 17.7. The summed E-state index contributed by atoms with van der Waals surface area (Å²) < 4.78 is 13.2. The van der Waals surface area contributed by atoms with E-state index in [0.29, 0.717) is 24.5 Å². The summed E-state index contributed by atoms with van der Waals surface area (Å²) >= 11 is 0. The van der Waals surface area contributed by atoms with Crippen molar-refractivity contribution in [1.29, 1.82) is 0 Å². The lowest BCUT2D eigenvalue weighted by Gasteiger charge is -2.42. The third-order valence-electron chi connectivity index (χ3n) is 6.34. The first-order valence-corrected chi connectivity index (χ1v) is 9.53. The molecule has 5 nitrogen and oxygen atoms in total. The molecule has 0 unspecified atom stereocenters. The van der Waals surface area contributed by atoms with Crippen LogP contribution in [0.25, 0.3) is 0 Å². The zero-order valence-corrected chi connectivity index (χ0v) is 14.7. The first-order valence-electron chi connectivity index (χ1n) is 9.53. The molecule has 2 saturated heterocycles. The van der Waals surface area contributed by atoms with E-state index in [1.165, 1.54) is 5.56 Å². The number of amides is 2. The summed E-state index contributed by atoms with van der Waals surface area (Å²) in [5, 5.41) is 0. The molecule has 1 aromatic heterocycles. The average Bonchev–Trinajstić information content (AvgIpc) is 3.23. The SMILES string of the molecule is O=C(N1CCc2nc[nH]c2C1)N1[C@@H]2CC[C@@H]1CC(c1ccc(F)cc1)C2. The Morgan fingerprint density at radius 1 is 1.15 bits per heavy atom. The molecular weight excluding hydrogens is 331 g/mol. The Bertz CT molecular complexity index is 803. The van der Waals surface area contributed by atoms with Crippen LogP contribution < -0.4 is 0 Å². The van der Waals surface area contributed by atoms with E-state index < -0.39 is 0 Å². The predicted molar refractivity (Wildman–Crippen MR) is 95.1 cm³/mol. The Morgan fingerprint density at radius 3 is 2.62 bits per heavy atom. The third-order valence-corrected chi connectivity index (χ3v) is 6.34. The first kappa shape index (κ1) is 15.9. The number of piperidine rings is 1. The van der Waals surface area contributed by atoms with Gasteiger partial charge in [-0.2, -0.15) is 0 Å². The van der Waals surface area contributed by atoms with E-state index >= 15 is 0 Å². The van der Waals surface area contributed by atoms with Crippen LogP contribution in [0.5, 0.6) is 0 Å². The number of rotatable bonds is 1. The number of aromatic nitrogens is 2. The third kappa shape index (κ3) is 2.59. The average molecular weight is 354 g/mol. The number of carbonyl (C=O) groups is 1. The fourth-order valence-electron chi connectivity index (χ4n) is 5.04. The quantitative estimate of drug-likeness (QED) is 0.853. The lowest BCUT2D eigenvalue weighted by atomic mass is 9.85. The summed E-state index contributed by atoms with van der Waals surface area (Å²) in [6.07, 6.45) is 6.67. The van der Waals surface area contributed by atoms with E-state index in [-0.39, 0.29) is 11.8 Å². The molecule has 4 heterocycles. The Hall–Kier alpha value is -2.37. The highest BCUT2D eigenvalue weighted by Gasteiger charge is 2.45. The van der Waals surface area contributed by atoms with Gasteiger partial charge < -0.3 is 14.8 Å². The molecule has 0 saturated carbocycles. The lowest BCUT2D eigenvalue weighted by Crippen LogP contribution is -2.52. The van der Waals surface area contributed by atoms with Crippen LogP contribution >= 0.6 is 0 Å². The van der Waals surface area contributed by atoms with Crippen LogP contribution in [0.2, 0.25) is 0 Å². The van der Waals surface area contributed by atoms with Gasteiger partial charge in [0.1, 0.15) is 5.82 Å². The van der Waals surface area contributed by atoms with Crippen molar-refractivity contribution < 1.29 is 9.18 Å². The molecule has 6 heteroatoms. The molecule has 2 bridgehead atoms. The molecule has 136 valence electrons. The summed E-state index contributed by atoms with van der Waals surface area (Å²) in [7, 11) is 0. The standard InChI is InChI=1S/C20H23FN4O/c21-15-3-1-13(2-4-15)14-9-16-5-6-17(10-14)25(16)20(26)24-8-7-18-19(11-24)23-12-22-18/h1-4,12,14,16-17H,5-11H2,(H,22,23)/t16-,17-/m1/s1. The van der Waals surface area contributed by atoms with Gasteiger partial charge in [-0.1, -0.05) is 12.1 Å². The molecule has 3 aliphatic heterocycles. The second kappa shape index (κ2) is 6.11. The monoisotopic (exact) mass is 354 g/mol. The van der Waals surface area contributed by atoms with Gasteiger partial charge in [0.2, 0.25) is 0 Å². The molecule has 26 heavy (non-hydrogen) atoms. The Labute approximate surface area is 152 Å². The van der Waals surface area contributed by atoms with E-state index in [2.05, 4.69) is 14.9 Å². The van der Waals surface area contributed by atoms with Crippen molar-refractivity contribution in [3.05, 3.63) is 53.4 Å². The van der Waals surface area contributed by atoms with Crippen LogP contribution in [0.3, 0.4) is 0 Å². The van der Waals surface area contributed by atoms with Crippen molar-refractivity contribution in [3.8, 4) is 0 Å². The number of H-pyrrole nitrogens is 1. The molecule has 2 atom stereocenters. The van der Waals surface area contributed by atoms with Crippen molar-refractivity contribution >= 4 is 6.03 Å². The number of urea groups is 1. The lowest BCUT2D eigenvalue weighted by molar-refractivity contribution is 0.101. The number of carbonyl (C=O) groups excluding carboxylic acids is 1. The number of hydrogen-bond acceptors (Lipinski definition) is 2. The summed E-state index contributed by atoms with van der Waals surface area (Å²) in [4.78, 5) is 24.8. The summed E-state index contributed by atoms with van der Waals surface area (Å²) in [5.74, 6) is 0.241. The maximum atomic E-state index is 13.2. The van der Waals surface area contributed by atoms with Crippen LogP contribution in [0, 0.1) is 5.82 Å². The van der Waals surface area contributed by atoms with Gasteiger partial charge in [-0.05, 0) is 49.3 Å². The van der Waals surface area contributed by atoms with E-state index in [4.69, 9.17) is 0 Å². The number of nitrogens with one attached hydrogen (secondary N) is 1. The highest BCUT2D eigenvalue weighted by Crippen LogP contribution is 2.43. The van der Waals surface area contributed by atoms with Gasteiger partial charge in [-0.25, -0.2) is 14.2 Å². The highest BCUT2D eigenvalue weighted by atomic mass is 19.1. The van der Waals surface area contributed by atoms with E-state index in [1.54, 1.807) is 18.5 Å². The van der Waals surface area contributed by atoms with Gasteiger partial charge in [0, 0.05) is 25.0 Å². The Morgan fingerprint density at radius 2 is 1.88 bits per heavy atom. The van der Waals surface area contributed by atoms with Crippen molar-refractivity contribution in [2.75, 3.05) is 6.54 Å². The first-order chi connectivity index (χ1) is 12.7. The summed E-state index contributed by atoms with van der Waals surface area (Å²) in [6.45, 7) is 1.37. The normalized spacial score (nSPS) is 27.5. The van der Waals surface area contributed by atoms with Crippen LogP contribution in [0.4, 0.5) is 9.18 Å². The number of fused-ring (bicyclic) bond motifs is 3. The fourth-order valence-corrected chi connectivity index (χ4v) is 5.04. The minimum atomic E-state index is -0.187. The van der Waals surface area contributed by atoms with Gasteiger partial charge in [0.15, 0.2) is 0 Å². The molecule has 1 N–H and O–H groups in total. The van der Waals surface area contributed by atoms with Crippen molar-refractivity contribution in [3.63, 3.8) is 0 Å². The number of aromatic amines is 1. The van der Waals surface area contributed by atoms with Gasteiger partial charge >= 0.3 is 6.03 Å². The van der Waals surface area contributed by atoms with Crippen LogP contribution in [-0.2, 0) is 13.0 Å². The fraction of sp³-hybridized carbons (Fsp3) is 0.500. The van der Waals surface area contributed by atoms with E-state index in [9.17, 15) is 9.18 Å². The second-order valence-corrected chi connectivity index (χ2v) is 7.79. The van der Waals surface area contributed by atoms with E-state index in [0.717, 1.165) is 50.0 Å². The van der Waals surface area contributed by atoms with Crippen LogP contribution in [0.1, 0.15) is 48.6 Å². The smallest absolute Gasteiger partial charge is 0.320 e. The topological polar surface area (TPSA) is 52.2 Å². The number of hydrogen-bond donors (Lipinski definition) is 1. The minimum absolute atomic E-state index is 0.176. The Kier molecular flexibility index (Phi) is 3.72. The zero-order valence-electron chi connectivity index (χ0n) is 14.7. The molecule has 2 fully saturated rings. The molecule has 0 radical (unpaired) electrons. The minimum Gasteiger partial charge on any atom is -0.347 e. The number of benzene rings is 1. The van der Waals surface area contributed by atoms with Gasteiger partial charge in [0.05, 0.1) is 24.3 Å². The van der Waals surface area contributed by atoms with Crippen molar-refractivity contribution in [2.45, 2.75) is 56.7 Å². The maximum Gasteiger partial charge on any atom is 0.320 e. The second-order valence-electron chi connectivity index (χ2n) is 7.79.